The summed E-state index contributed by atoms with van der Waals surface area (Å²) in [5.74, 6) is -0.190. The number of rotatable bonds is 8. The number of esters is 1. The van der Waals surface area contributed by atoms with Crippen molar-refractivity contribution in [1.29, 1.82) is 0 Å². The number of nitrogens with one attached hydrogen (secondary N) is 1. The third-order valence-electron chi connectivity index (χ3n) is 3.06. The first-order chi connectivity index (χ1) is 7.91. The van der Waals surface area contributed by atoms with E-state index in [4.69, 9.17) is 4.74 Å². The van der Waals surface area contributed by atoms with Crippen LogP contribution < -0.4 is 5.32 Å². The Labute approximate surface area is 106 Å². The van der Waals surface area contributed by atoms with Crippen LogP contribution in [0.15, 0.2) is 0 Å². The Bertz CT molecular complexity index is 231. The van der Waals surface area contributed by atoms with Gasteiger partial charge in [0, 0.05) is 12.6 Å². The Morgan fingerprint density at radius 2 is 2.00 bits per heavy atom. The van der Waals surface area contributed by atoms with Gasteiger partial charge in [0.2, 0.25) is 0 Å². The molecule has 0 aliphatic rings. The molecule has 1 N–H and O–H groups in total. The van der Waals surface area contributed by atoms with Crippen LogP contribution in [-0.4, -0.2) is 49.2 Å². The minimum Gasteiger partial charge on any atom is -0.468 e. The second kappa shape index (κ2) is 7.67. The molecule has 1 unspecified atom stereocenters. The first kappa shape index (κ1) is 16.4. The third kappa shape index (κ3) is 5.04. The van der Waals surface area contributed by atoms with Crippen molar-refractivity contribution >= 4 is 5.97 Å². The maximum Gasteiger partial charge on any atom is 0.327 e. The molecule has 0 saturated carbocycles. The molecule has 0 amide bonds. The Kier molecular flexibility index (Phi) is 7.39. The molecular weight excluding hydrogens is 216 g/mol. The molecule has 0 aromatic rings. The van der Waals surface area contributed by atoms with Crippen molar-refractivity contribution in [2.24, 2.45) is 0 Å². The van der Waals surface area contributed by atoms with E-state index >= 15 is 0 Å². The average molecular weight is 244 g/mol. The van der Waals surface area contributed by atoms with Crippen molar-refractivity contribution in [3.05, 3.63) is 0 Å². The zero-order valence-electron chi connectivity index (χ0n) is 12.2. The van der Waals surface area contributed by atoms with Crippen LogP contribution in [0.1, 0.15) is 41.0 Å². The molecule has 0 radical (unpaired) electrons. The molecule has 17 heavy (non-hydrogen) atoms. The Balaban J connectivity index is 4.72. The maximum atomic E-state index is 11.9. The topological polar surface area (TPSA) is 41.6 Å². The number of nitrogens with zero attached hydrogens (tertiary/aromatic N) is 1. The molecule has 0 heterocycles. The van der Waals surface area contributed by atoms with Gasteiger partial charge < -0.3 is 10.1 Å². The molecule has 4 heteroatoms. The largest absolute Gasteiger partial charge is 0.468 e. The van der Waals surface area contributed by atoms with Gasteiger partial charge in [0.05, 0.1) is 7.11 Å². The lowest BCUT2D eigenvalue weighted by molar-refractivity contribution is -0.149. The Morgan fingerprint density at radius 1 is 1.41 bits per heavy atom. The van der Waals surface area contributed by atoms with E-state index in [2.05, 4.69) is 37.9 Å². The molecule has 0 spiro atoms. The van der Waals surface area contributed by atoms with E-state index < -0.39 is 5.54 Å². The first-order valence-corrected chi connectivity index (χ1v) is 6.48. The molecule has 0 rings (SSSR count). The molecule has 0 aliphatic carbocycles. The van der Waals surface area contributed by atoms with Crippen LogP contribution in [0.4, 0.5) is 0 Å². The summed E-state index contributed by atoms with van der Waals surface area (Å²) in [7, 11) is 1.44. The van der Waals surface area contributed by atoms with E-state index in [1.807, 2.05) is 6.92 Å². The molecule has 0 aromatic heterocycles. The van der Waals surface area contributed by atoms with E-state index in [0.717, 1.165) is 19.5 Å². The Hall–Kier alpha value is -0.610. The summed E-state index contributed by atoms with van der Waals surface area (Å²) in [5, 5.41) is 3.30. The minimum atomic E-state index is -0.620. The molecular formula is C13H28N2O2. The van der Waals surface area contributed by atoms with E-state index in [9.17, 15) is 4.79 Å². The van der Waals surface area contributed by atoms with Gasteiger partial charge in [0.15, 0.2) is 0 Å². The van der Waals surface area contributed by atoms with Gasteiger partial charge in [-0.2, -0.15) is 0 Å². The lowest BCUT2D eigenvalue weighted by Crippen LogP contribution is -2.58. The summed E-state index contributed by atoms with van der Waals surface area (Å²) in [5.41, 5.74) is -0.620. The SMILES string of the molecule is CCCNC(C)(CN(CC)C(C)C)C(=O)OC. The van der Waals surface area contributed by atoms with Crippen LogP contribution in [0, 0.1) is 0 Å². The normalized spacial score (nSPS) is 15.1. The molecule has 0 bridgehead atoms. The van der Waals surface area contributed by atoms with E-state index in [0.29, 0.717) is 12.6 Å². The van der Waals surface area contributed by atoms with Crippen molar-refractivity contribution in [3.63, 3.8) is 0 Å². The van der Waals surface area contributed by atoms with Gasteiger partial charge in [-0.25, -0.2) is 0 Å². The lowest BCUT2D eigenvalue weighted by Gasteiger charge is -2.35. The van der Waals surface area contributed by atoms with Gasteiger partial charge in [-0.15, -0.1) is 0 Å². The summed E-state index contributed by atoms with van der Waals surface area (Å²) < 4.78 is 4.91. The Morgan fingerprint density at radius 3 is 2.35 bits per heavy atom. The highest BCUT2D eigenvalue weighted by molar-refractivity contribution is 5.80. The number of hydrogen-bond acceptors (Lipinski definition) is 4. The number of carbonyl (C=O) groups excluding carboxylic acids is 1. The molecule has 0 aromatic carbocycles. The summed E-state index contributed by atoms with van der Waals surface area (Å²) >= 11 is 0. The lowest BCUT2D eigenvalue weighted by atomic mass is 10.0. The van der Waals surface area contributed by atoms with Gasteiger partial charge >= 0.3 is 5.97 Å². The van der Waals surface area contributed by atoms with Crippen molar-refractivity contribution in [3.8, 4) is 0 Å². The van der Waals surface area contributed by atoms with Crippen LogP contribution >= 0.6 is 0 Å². The van der Waals surface area contributed by atoms with E-state index in [1.165, 1.54) is 7.11 Å². The summed E-state index contributed by atoms with van der Waals surface area (Å²) in [6.07, 6.45) is 1.00. The fraction of sp³-hybridized carbons (Fsp3) is 0.923. The number of likely N-dealkylation sites (N-methyl/N-ethyl adjacent to an activating group) is 1. The molecule has 0 aliphatic heterocycles. The highest BCUT2D eigenvalue weighted by atomic mass is 16.5. The molecule has 1 atom stereocenters. The first-order valence-electron chi connectivity index (χ1n) is 6.48. The van der Waals surface area contributed by atoms with Crippen LogP contribution in [0.25, 0.3) is 0 Å². The number of ether oxygens (including phenoxy) is 1. The third-order valence-corrected chi connectivity index (χ3v) is 3.06. The standard InChI is InChI=1S/C13H28N2O2/c1-7-9-14-13(5,12(16)17-6)10-15(8-2)11(3)4/h11,14H,7-10H2,1-6H3. The second-order valence-corrected chi connectivity index (χ2v) is 4.91. The van der Waals surface area contributed by atoms with Crippen molar-refractivity contribution in [2.75, 3.05) is 26.7 Å². The van der Waals surface area contributed by atoms with Gasteiger partial charge in [-0.3, -0.25) is 9.69 Å². The number of hydrogen-bond donors (Lipinski definition) is 1. The fourth-order valence-electron chi connectivity index (χ4n) is 1.88. The summed E-state index contributed by atoms with van der Waals surface area (Å²) in [4.78, 5) is 14.2. The molecule has 0 fully saturated rings. The quantitative estimate of drug-likeness (QED) is 0.659. The van der Waals surface area contributed by atoms with Crippen molar-refractivity contribution < 1.29 is 9.53 Å². The zero-order valence-corrected chi connectivity index (χ0v) is 12.2. The average Bonchev–Trinajstić information content (AvgIpc) is 2.31. The highest BCUT2D eigenvalue weighted by Gasteiger charge is 2.35. The van der Waals surface area contributed by atoms with Crippen molar-refractivity contribution in [2.45, 2.75) is 52.6 Å². The van der Waals surface area contributed by atoms with Gasteiger partial charge in [0.25, 0.3) is 0 Å². The van der Waals surface area contributed by atoms with Gasteiger partial charge in [-0.1, -0.05) is 13.8 Å². The maximum absolute atomic E-state index is 11.9. The molecule has 102 valence electrons. The van der Waals surface area contributed by atoms with Gasteiger partial charge in [-0.05, 0) is 40.3 Å². The molecule has 0 saturated heterocycles. The van der Waals surface area contributed by atoms with Gasteiger partial charge in [0.1, 0.15) is 5.54 Å². The van der Waals surface area contributed by atoms with Crippen molar-refractivity contribution in [1.82, 2.24) is 10.2 Å². The number of carbonyl (C=O) groups is 1. The van der Waals surface area contributed by atoms with Crippen LogP contribution in [0.3, 0.4) is 0 Å². The second-order valence-electron chi connectivity index (χ2n) is 4.91. The summed E-state index contributed by atoms with van der Waals surface area (Å²) in [6, 6.07) is 0.424. The predicted molar refractivity (Wildman–Crippen MR) is 71.1 cm³/mol. The van der Waals surface area contributed by atoms with Crippen LogP contribution in [0.5, 0.6) is 0 Å². The predicted octanol–water partition coefficient (Wildman–Crippen LogP) is 1.65. The monoisotopic (exact) mass is 244 g/mol. The van der Waals surface area contributed by atoms with E-state index in [1.54, 1.807) is 0 Å². The minimum absolute atomic E-state index is 0.190. The summed E-state index contributed by atoms with van der Waals surface area (Å²) in [6.45, 7) is 12.8. The van der Waals surface area contributed by atoms with Crippen LogP contribution in [-0.2, 0) is 9.53 Å². The molecule has 4 nitrogen and oxygen atoms in total. The fourth-order valence-corrected chi connectivity index (χ4v) is 1.88. The van der Waals surface area contributed by atoms with Crippen LogP contribution in [0.2, 0.25) is 0 Å². The number of methoxy groups -OCH3 is 1. The highest BCUT2D eigenvalue weighted by Crippen LogP contribution is 2.12. The zero-order chi connectivity index (χ0) is 13.5. The smallest absolute Gasteiger partial charge is 0.327 e. The van der Waals surface area contributed by atoms with E-state index in [-0.39, 0.29) is 5.97 Å².